The number of hydrogen-bond donors (Lipinski definition) is 2. The van der Waals surface area contributed by atoms with Crippen molar-refractivity contribution < 1.29 is 14.6 Å². The van der Waals surface area contributed by atoms with Gasteiger partial charge in [0.25, 0.3) is 0 Å². The van der Waals surface area contributed by atoms with Crippen LogP contribution in [0, 0.1) is 0 Å². The Bertz CT molecular complexity index is 128. The number of ether oxygens (including phenoxy) is 1. The first-order valence-corrected chi connectivity index (χ1v) is 3.67. The van der Waals surface area contributed by atoms with Crippen molar-refractivity contribution in [2.75, 3.05) is 6.61 Å². The van der Waals surface area contributed by atoms with Gasteiger partial charge in [-0.05, 0) is 13.3 Å². The van der Waals surface area contributed by atoms with Gasteiger partial charge in [-0.15, -0.1) is 0 Å². The lowest BCUT2D eigenvalue weighted by molar-refractivity contribution is -0.163. The zero-order valence-electron chi connectivity index (χ0n) is 6.96. The van der Waals surface area contributed by atoms with E-state index in [1.54, 1.807) is 0 Å². The standard InChI is InChI=1S/C7H15NO3/c1-3-4-5-11-6(9)7(2,8)10/h10H,3-5,8H2,1-2H3. The zero-order chi connectivity index (χ0) is 8.91. The third kappa shape index (κ3) is 4.75. The number of esters is 1. The molecular weight excluding hydrogens is 146 g/mol. The molecule has 1 unspecified atom stereocenters. The summed E-state index contributed by atoms with van der Waals surface area (Å²) in [5.41, 5.74) is 3.19. The minimum atomic E-state index is -1.85. The smallest absolute Gasteiger partial charge is 0.353 e. The van der Waals surface area contributed by atoms with E-state index < -0.39 is 11.7 Å². The first-order valence-electron chi connectivity index (χ1n) is 3.67. The Morgan fingerprint density at radius 1 is 1.73 bits per heavy atom. The molecule has 1 atom stereocenters. The van der Waals surface area contributed by atoms with Crippen LogP contribution in [-0.2, 0) is 9.53 Å². The Labute approximate surface area is 66.3 Å². The van der Waals surface area contributed by atoms with Crippen LogP contribution in [0.15, 0.2) is 0 Å². The fourth-order valence-corrected chi connectivity index (χ4v) is 0.455. The molecule has 0 saturated heterocycles. The van der Waals surface area contributed by atoms with Crippen LogP contribution >= 0.6 is 0 Å². The fourth-order valence-electron chi connectivity index (χ4n) is 0.455. The number of hydrogen-bond acceptors (Lipinski definition) is 4. The van der Waals surface area contributed by atoms with E-state index in [1.807, 2.05) is 6.92 Å². The molecule has 0 fully saturated rings. The van der Waals surface area contributed by atoms with E-state index in [9.17, 15) is 4.79 Å². The van der Waals surface area contributed by atoms with Crippen molar-refractivity contribution in [3.05, 3.63) is 0 Å². The summed E-state index contributed by atoms with van der Waals surface area (Å²) in [7, 11) is 0. The molecule has 0 spiro atoms. The van der Waals surface area contributed by atoms with E-state index >= 15 is 0 Å². The van der Waals surface area contributed by atoms with Crippen LogP contribution in [0.2, 0.25) is 0 Å². The molecule has 0 saturated carbocycles. The molecule has 0 aromatic heterocycles. The first kappa shape index (κ1) is 10.4. The lowest BCUT2D eigenvalue weighted by Gasteiger charge is -2.14. The summed E-state index contributed by atoms with van der Waals surface area (Å²) < 4.78 is 4.63. The number of carbonyl (C=O) groups is 1. The van der Waals surface area contributed by atoms with Crippen molar-refractivity contribution in [3.63, 3.8) is 0 Å². The molecule has 0 aromatic carbocycles. The van der Waals surface area contributed by atoms with Gasteiger partial charge in [-0.1, -0.05) is 13.3 Å². The summed E-state index contributed by atoms with van der Waals surface area (Å²) in [4.78, 5) is 10.7. The quantitative estimate of drug-likeness (QED) is 0.346. The molecule has 0 aromatic rings. The van der Waals surface area contributed by atoms with Gasteiger partial charge in [0.1, 0.15) is 0 Å². The van der Waals surface area contributed by atoms with E-state index in [0.29, 0.717) is 6.61 Å². The Morgan fingerprint density at radius 3 is 2.64 bits per heavy atom. The summed E-state index contributed by atoms with van der Waals surface area (Å²) >= 11 is 0. The van der Waals surface area contributed by atoms with Crippen molar-refractivity contribution in [2.45, 2.75) is 32.4 Å². The fraction of sp³-hybridized carbons (Fsp3) is 0.857. The van der Waals surface area contributed by atoms with Crippen molar-refractivity contribution in [3.8, 4) is 0 Å². The number of nitrogens with two attached hydrogens (primary N) is 1. The van der Waals surface area contributed by atoms with Gasteiger partial charge in [-0.3, -0.25) is 5.73 Å². The molecule has 0 aliphatic heterocycles. The van der Waals surface area contributed by atoms with E-state index in [4.69, 9.17) is 10.8 Å². The van der Waals surface area contributed by atoms with E-state index in [0.717, 1.165) is 12.8 Å². The summed E-state index contributed by atoms with van der Waals surface area (Å²) in [6.45, 7) is 3.50. The van der Waals surface area contributed by atoms with Crippen molar-refractivity contribution in [1.82, 2.24) is 0 Å². The minimum Gasteiger partial charge on any atom is -0.463 e. The maximum atomic E-state index is 10.7. The molecule has 11 heavy (non-hydrogen) atoms. The zero-order valence-corrected chi connectivity index (χ0v) is 6.96. The summed E-state index contributed by atoms with van der Waals surface area (Å²) in [6, 6.07) is 0. The third-order valence-electron chi connectivity index (χ3n) is 1.14. The van der Waals surface area contributed by atoms with Crippen LogP contribution in [0.25, 0.3) is 0 Å². The maximum absolute atomic E-state index is 10.7. The Kier molecular flexibility index (Phi) is 4.07. The van der Waals surface area contributed by atoms with Gasteiger partial charge in [-0.25, -0.2) is 4.79 Å². The lowest BCUT2D eigenvalue weighted by atomic mass is 10.3. The van der Waals surface area contributed by atoms with Crippen molar-refractivity contribution >= 4 is 5.97 Å². The average molecular weight is 161 g/mol. The summed E-state index contributed by atoms with van der Waals surface area (Å²) in [6.07, 6.45) is 1.74. The second-order valence-corrected chi connectivity index (χ2v) is 2.64. The number of aliphatic hydroxyl groups is 1. The van der Waals surface area contributed by atoms with E-state index in [1.165, 1.54) is 6.92 Å². The van der Waals surface area contributed by atoms with Gasteiger partial charge in [0.15, 0.2) is 0 Å². The van der Waals surface area contributed by atoms with Gasteiger partial charge in [0.05, 0.1) is 6.61 Å². The van der Waals surface area contributed by atoms with Crippen LogP contribution in [0.4, 0.5) is 0 Å². The molecule has 66 valence electrons. The predicted octanol–water partition coefficient (Wildman–Crippen LogP) is -0.00310. The second kappa shape index (κ2) is 4.31. The number of unbranched alkanes of at least 4 members (excludes halogenated alkanes) is 1. The van der Waals surface area contributed by atoms with Gasteiger partial charge >= 0.3 is 5.97 Å². The molecule has 4 heteroatoms. The minimum absolute atomic E-state index is 0.322. The highest BCUT2D eigenvalue weighted by Crippen LogP contribution is 1.97. The number of carbonyl (C=O) groups excluding carboxylic acids is 1. The molecule has 0 rings (SSSR count). The van der Waals surface area contributed by atoms with Crippen LogP contribution < -0.4 is 5.73 Å². The monoisotopic (exact) mass is 161 g/mol. The van der Waals surface area contributed by atoms with E-state index in [2.05, 4.69) is 4.74 Å². The molecule has 0 bridgehead atoms. The van der Waals surface area contributed by atoms with E-state index in [-0.39, 0.29) is 0 Å². The van der Waals surface area contributed by atoms with Gasteiger partial charge in [-0.2, -0.15) is 0 Å². The molecule has 3 N–H and O–H groups in total. The highest BCUT2D eigenvalue weighted by atomic mass is 16.6. The van der Waals surface area contributed by atoms with Gasteiger partial charge in [0.2, 0.25) is 5.72 Å². The van der Waals surface area contributed by atoms with Crippen LogP contribution in [0.1, 0.15) is 26.7 Å². The Hall–Kier alpha value is -0.610. The van der Waals surface area contributed by atoms with Crippen LogP contribution in [-0.4, -0.2) is 23.4 Å². The molecule has 0 radical (unpaired) electrons. The number of rotatable bonds is 4. The second-order valence-electron chi connectivity index (χ2n) is 2.64. The largest absolute Gasteiger partial charge is 0.463 e. The topological polar surface area (TPSA) is 72.5 Å². The highest BCUT2D eigenvalue weighted by molar-refractivity contribution is 5.77. The highest BCUT2D eigenvalue weighted by Gasteiger charge is 2.25. The predicted molar refractivity (Wildman–Crippen MR) is 40.7 cm³/mol. The maximum Gasteiger partial charge on any atom is 0.353 e. The molecule has 4 nitrogen and oxygen atoms in total. The summed E-state index contributed by atoms with van der Waals surface area (Å²) in [5, 5.41) is 8.89. The van der Waals surface area contributed by atoms with Crippen molar-refractivity contribution in [1.29, 1.82) is 0 Å². The van der Waals surface area contributed by atoms with Gasteiger partial charge < -0.3 is 9.84 Å². The lowest BCUT2D eigenvalue weighted by Crippen LogP contribution is -2.45. The molecule has 0 aliphatic rings. The Balaban J connectivity index is 3.54. The first-order chi connectivity index (χ1) is 4.98. The Morgan fingerprint density at radius 2 is 2.27 bits per heavy atom. The van der Waals surface area contributed by atoms with Crippen molar-refractivity contribution in [2.24, 2.45) is 5.73 Å². The van der Waals surface area contributed by atoms with Crippen LogP contribution in [0.5, 0.6) is 0 Å². The molecule has 0 amide bonds. The molecule has 0 aliphatic carbocycles. The van der Waals surface area contributed by atoms with Crippen LogP contribution in [0.3, 0.4) is 0 Å². The molecular formula is C7H15NO3. The third-order valence-corrected chi connectivity index (χ3v) is 1.14. The van der Waals surface area contributed by atoms with Gasteiger partial charge in [0, 0.05) is 0 Å². The normalized spacial score (nSPS) is 15.6. The summed E-state index contributed by atoms with van der Waals surface area (Å²) in [5.74, 6) is -0.772. The molecule has 0 heterocycles. The SMILES string of the molecule is CCCCOC(=O)C(C)(N)O. The average Bonchev–Trinajstić information content (AvgIpc) is 1.86.